The molecule has 1 atom stereocenters. The van der Waals surface area contributed by atoms with Crippen LogP contribution in [-0.4, -0.2) is 46.0 Å². The number of likely N-dealkylation sites (tertiary alicyclic amines) is 1. The van der Waals surface area contributed by atoms with Crippen molar-refractivity contribution in [2.75, 3.05) is 18.4 Å². The molecule has 2 amide bonds. The second-order valence-corrected chi connectivity index (χ2v) is 7.16. The van der Waals surface area contributed by atoms with E-state index in [1.165, 1.54) is 30.2 Å². The van der Waals surface area contributed by atoms with Crippen LogP contribution >= 0.6 is 0 Å². The number of carbonyl (C=O) groups excluding carboxylic acids is 2. The summed E-state index contributed by atoms with van der Waals surface area (Å²) in [6, 6.07) is 1.23. The molecule has 2 aliphatic rings. The number of nitrogens with zero attached hydrogens (tertiary/aromatic N) is 2. The first kappa shape index (κ1) is 19.3. The number of nitrogens with one attached hydrogen (secondary N) is 2. The molecule has 1 aromatic heterocycles. The molecule has 1 aromatic rings. The van der Waals surface area contributed by atoms with Crippen molar-refractivity contribution in [3.8, 4) is 0 Å². The van der Waals surface area contributed by atoms with Crippen LogP contribution in [0.25, 0.3) is 6.08 Å². The third-order valence-electron chi connectivity index (χ3n) is 5.19. The predicted octanol–water partition coefficient (Wildman–Crippen LogP) is 2.33. The van der Waals surface area contributed by atoms with Crippen molar-refractivity contribution in [1.82, 2.24) is 15.4 Å². The zero-order valence-electron chi connectivity index (χ0n) is 15.2. The Morgan fingerprint density at radius 3 is 2.74 bits per heavy atom. The van der Waals surface area contributed by atoms with E-state index in [0.29, 0.717) is 18.7 Å². The molecule has 2 fully saturated rings. The second-order valence-electron chi connectivity index (χ2n) is 7.16. The number of hydrogen-bond acceptors (Lipinski definition) is 5. The predicted molar refractivity (Wildman–Crippen MR) is 98.3 cm³/mol. The van der Waals surface area contributed by atoms with Crippen molar-refractivity contribution in [2.45, 2.75) is 44.6 Å². The average Bonchev–Trinajstić information content (AvgIpc) is 3.16. The lowest BCUT2D eigenvalue weighted by Crippen LogP contribution is -2.37. The Kier molecular flexibility index (Phi) is 6.39. The Morgan fingerprint density at radius 1 is 1.26 bits per heavy atom. The molecule has 146 valence electrons. The van der Waals surface area contributed by atoms with Gasteiger partial charge in [0, 0.05) is 37.3 Å². The van der Waals surface area contributed by atoms with Gasteiger partial charge in [0.2, 0.25) is 5.91 Å². The number of amides is 2. The van der Waals surface area contributed by atoms with Gasteiger partial charge in [-0.05, 0) is 37.0 Å². The van der Waals surface area contributed by atoms with Crippen molar-refractivity contribution >= 4 is 23.7 Å². The molecular formula is C19H25FN4O3. The number of hydroxylamine groups is 1. The molecule has 0 unspecified atom stereocenters. The Bertz CT molecular complexity index is 719. The van der Waals surface area contributed by atoms with E-state index in [9.17, 15) is 14.0 Å². The normalized spacial score (nSPS) is 20.8. The number of halogens is 1. The summed E-state index contributed by atoms with van der Waals surface area (Å²) >= 11 is 0. The van der Waals surface area contributed by atoms with E-state index >= 15 is 0 Å². The summed E-state index contributed by atoms with van der Waals surface area (Å²) in [7, 11) is 0. The van der Waals surface area contributed by atoms with Crippen LogP contribution in [0.4, 0.5) is 10.2 Å². The molecule has 0 spiro atoms. The Balaban J connectivity index is 1.55. The van der Waals surface area contributed by atoms with Crippen molar-refractivity contribution in [1.29, 1.82) is 0 Å². The highest BCUT2D eigenvalue weighted by molar-refractivity contribution is 5.90. The largest absolute Gasteiger partial charge is 0.363 e. The number of hydrogen-bond donors (Lipinski definition) is 3. The number of anilines is 1. The SMILES string of the molecule is O=C(C=Cc1cnc(N[C@@H]2CCN(C(=O)C3CCCCC3)C2)c(F)c1)NO. The van der Waals surface area contributed by atoms with Gasteiger partial charge < -0.3 is 10.2 Å². The van der Waals surface area contributed by atoms with Crippen molar-refractivity contribution < 1.29 is 19.2 Å². The summed E-state index contributed by atoms with van der Waals surface area (Å²) in [6.07, 6.45) is 10.1. The standard InChI is InChI=1S/C19H25FN4O3/c20-16-10-13(6-7-17(25)23-27)11-21-18(16)22-15-8-9-24(12-15)19(26)14-4-2-1-3-5-14/h6-7,10-11,14-15,27H,1-5,8-9,12H2,(H,21,22)(H,23,25)/t15-/m1/s1. The van der Waals surface area contributed by atoms with E-state index in [1.54, 1.807) is 0 Å². The van der Waals surface area contributed by atoms with Crippen molar-refractivity contribution in [3.63, 3.8) is 0 Å². The molecule has 0 aromatic carbocycles. The van der Waals surface area contributed by atoms with Gasteiger partial charge in [0.25, 0.3) is 5.91 Å². The molecule has 3 N–H and O–H groups in total. The molecule has 27 heavy (non-hydrogen) atoms. The molecule has 1 aliphatic heterocycles. The van der Waals surface area contributed by atoms with Crippen molar-refractivity contribution in [3.05, 3.63) is 29.7 Å². The molecule has 2 heterocycles. The van der Waals surface area contributed by atoms with Crippen LogP contribution in [0, 0.1) is 11.7 Å². The minimum absolute atomic E-state index is 0.0268. The number of aromatic nitrogens is 1. The topological polar surface area (TPSA) is 94.6 Å². The van der Waals surface area contributed by atoms with Gasteiger partial charge in [0.05, 0.1) is 0 Å². The van der Waals surface area contributed by atoms with E-state index in [-0.39, 0.29) is 23.7 Å². The average molecular weight is 376 g/mol. The van der Waals surface area contributed by atoms with Gasteiger partial charge in [-0.15, -0.1) is 0 Å². The molecular weight excluding hydrogens is 351 g/mol. The Hall–Kier alpha value is -2.48. The van der Waals surface area contributed by atoms with Gasteiger partial charge >= 0.3 is 0 Å². The van der Waals surface area contributed by atoms with Crippen LogP contribution in [0.5, 0.6) is 0 Å². The van der Waals surface area contributed by atoms with Crippen LogP contribution in [0.3, 0.4) is 0 Å². The molecule has 7 nitrogen and oxygen atoms in total. The van der Waals surface area contributed by atoms with E-state index < -0.39 is 11.7 Å². The maximum atomic E-state index is 14.3. The van der Waals surface area contributed by atoms with Crippen LogP contribution in [0.2, 0.25) is 0 Å². The van der Waals surface area contributed by atoms with E-state index in [1.807, 2.05) is 4.90 Å². The molecule has 1 saturated heterocycles. The third kappa shape index (κ3) is 5.03. The van der Waals surface area contributed by atoms with Crippen molar-refractivity contribution in [2.24, 2.45) is 5.92 Å². The first-order chi connectivity index (χ1) is 13.1. The van der Waals surface area contributed by atoms with E-state index in [2.05, 4.69) is 10.3 Å². The summed E-state index contributed by atoms with van der Waals surface area (Å²) in [4.78, 5) is 29.5. The lowest BCUT2D eigenvalue weighted by molar-refractivity contribution is -0.135. The van der Waals surface area contributed by atoms with Gasteiger partial charge in [-0.2, -0.15) is 0 Å². The van der Waals surface area contributed by atoms with Crippen LogP contribution in [0.1, 0.15) is 44.1 Å². The minimum atomic E-state index is -0.703. The molecule has 0 bridgehead atoms. The smallest absolute Gasteiger partial charge is 0.267 e. The zero-order chi connectivity index (χ0) is 19.2. The van der Waals surface area contributed by atoms with Crippen LogP contribution in [0.15, 0.2) is 18.3 Å². The number of carbonyl (C=O) groups is 2. The molecule has 1 saturated carbocycles. The van der Waals surface area contributed by atoms with Gasteiger partial charge in [0.1, 0.15) is 0 Å². The van der Waals surface area contributed by atoms with Crippen LogP contribution in [-0.2, 0) is 9.59 Å². The third-order valence-corrected chi connectivity index (χ3v) is 5.19. The van der Waals surface area contributed by atoms with E-state index in [0.717, 1.165) is 38.2 Å². The summed E-state index contributed by atoms with van der Waals surface area (Å²) < 4.78 is 14.3. The first-order valence-corrected chi connectivity index (χ1v) is 9.40. The van der Waals surface area contributed by atoms with Gasteiger partial charge in [-0.3, -0.25) is 14.8 Å². The van der Waals surface area contributed by atoms with Gasteiger partial charge in [-0.25, -0.2) is 14.9 Å². The molecule has 1 aliphatic carbocycles. The highest BCUT2D eigenvalue weighted by atomic mass is 19.1. The summed E-state index contributed by atoms with van der Waals surface area (Å²) in [6.45, 7) is 1.25. The minimum Gasteiger partial charge on any atom is -0.363 e. The lowest BCUT2D eigenvalue weighted by Gasteiger charge is -2.26. The maximum Gasteiger partial charge on any atom is 0.267 e. The quantitative estimate of drug-likeness (QED) is 0.417. The first-order valence-electron chi connectivity index (χ1n) is 9.40. The molecule has 3 rings (SSSR count). The van der Waals surface area contributed by atoms with E-state index in [4.69, 9.17) is 5.21 Å². The fourth-order valence-corrected chi connectivity index (χ4v) is 3.74. The summed E-state index contributed by atoms with van der Waals surface area (Å²) in [5, 5.41) is 11.5. The second kappa shape index (κ2) is 8.94. The highest BCUT2D eigenvalue weighted by Gasteiger charge is 2.31. The Labute approximate surface area is 157 Å². The molecule has 8 heteroatoms. The monoisotopic (exact) mass is 376 g/mol. The van der Waals surface area contributed by atoms with Crippen LogP contribution < -0.4 is 10.8 Å². The maximum absolute atomic E-state index is 14.3. The Morgan fingerprint density at radius 2 is 2.04 bits per heavy atom. The number of rotatable bonds is 5. The summed E-state index contributed by atoms with van der Waals surface area (Å²) in [5.41, 5.74) is 1.87. The molecule has 0 radical (unpaired) electrons. The zero-order valence-corrected chi connectivity index (χ0v) is 15.2. The lowest BCUT2D eigenvalue weighted by atomic mass is 9.88. The fourth-order valence-electron chi connectivity index (χ4n) is 3.74. The highest BCUT2D eigenvalue weighted by Crippen LogP contribution is 2.27. The van der Waals surface area contributed by atoms with Gasteiger partial charge in [-0.1, -0.05) is 19.3 Å². The van der Waals surface area contributed by atoms with Gasteiger partial charge in [0.15, 0.2) is 11.6 Å². The fraction of sp³-hybridized carbons (Fsp3) is 0.526. The summed E-state index contributed by atoms with van der Waals surface area (Å²) in [5.74, 6) is -0.717. The number of pyridine rings is 1.